The first-order valence-electron chi connectivity index (χ1n) is 5.11. The van der Waals surface area contributed by atoms with Gasteiger partial charge in [-0.1, -0.05) is 22.9 Å². The second kappa shape index (κ2) is 5.71. The van der Waals surface area contributed by atoms with Crippen molar-refractivity contribution in [1.29, 1.82) is 0 Å². The van der Waals surface area contributed by atoms with Gasteiger partial charge in [-0.15, -0.1) is 0 Å². The SMILES string of the molecule is CCN(CC1CC1)CC(Br)C(=O)OC. The van der Waals surface area contributed by atoms with Crippen LogP contribution < -0.4 is 0 Å². The Morgan fingerprint density at radius 2 is 2.29 bits per heavy atom. The van der Waals surface area contributed by atoms with Gasteiger partial charge in [-0.2, -0.15) is 0 Å². The zero-order valence-corrected chi connectivity index (χ0v) is 10.4. The molecule has 82 valence electrons. The molecule has 1 rings (SSSR count). The number of carbonyl (C=O) groups is 1. The molecule has 0 heterocycles. The van der Waals surface area contributed by atoms with Gasteiger partial charge in [0.1, 0.15) is 4.83 Å². The van der Waals surface area contributed by atoms with Crippen LogP contribution in [0.15, 0.2) is 0 Å². The van der Waals surface area contributed by atoms with Crippen LogP contribution in [0.1, 0.15) is 19.8 Å². The van der Waals surface area contributed by atoms with E-state index in [2.05, 4.69) is 32.5 Å². The zero-order chi connectivity index (χ0) is 10.6. The Bertz CT molecular complexity index is 195. The molecule has 3 nitrogen and oxygen atoms in total. The summed E-state index contributed by atoms with van der Waals surface area (Å²) in [6.45, 7) is 4.99. The minimum Gasteiger partial charge on any atom is -0.468 e. The van der Waals surface area contributed by atoms with E-state index in [0.29, 0.717) is 0 Å². The molecule has 0 aliphatic heterocycles. The summed E-state index contributed by atoms with van der Waals surface area (Å²) in [5.41, 5.74) is 0. The van der Waals surface area contributed by atoms with E-state index in [0.717, 1.165) is 25.6 Å². The third-order valence-corrected chi connectivity index (χ3v) is 3.20. The summed E-state index contributed by atoms with van der Waals surface area (Å²) in [4.78, 5) is 13.3. The third-order valence-electron chi connectivity index (χ3n) is 2.54. The molecule has 0 radical (unpaired) electrons. The Balaban J connectivity index is 2.26. The number of ether oxygens (including phenoxy) is 1. The number of hydrogen-bond acceptors (Lipinski definition) is 3. The van der Waals surface area contributed by atoms with Crippen molar-refractivity contribution in [3.63, 3.8) is 0 Å². The van der Waals surface area contributed by atoms with E-state index in [-0.39, 0.29) is 10.8 Å². The number of carbonyl (C=O) groups excluding carboxylic acids is 1. The molecule has 1 atom stereocenters. The molecule has 0 aromatic heterocycles. The Labute approximate surface area is 93.9 Å². The van der Waals surface area contributed by atoms with Crippen LogP contribution >= 0.6 is 15.9 Å². The predicted octanol–water partition coefficient (Wildman–Crippen LogP) is 1.65. The molecule has 0 bridgehead atoms. The van der Waals surface area contributed by atoms with E-state index < -0.39 is 0 Å². The van der Waals surface area contributed by atoms with Gasteiger partial charge in [0.05, 0.1) is 7.11 Å². The third kappa shape index (κ3) is 3.96. The van der Waals surface area contributed by atoms with Crippen molar-refractivity contribution in [2.75, 3.05) is 26.7 Å². The molecule has 1 aliphatic carbocycles. The number of methoxy groups -OCH3 is 1. The second-order valence-corrected chi connectivity index (χ2v) is 4.89. The Morgan fingerprint density at radius 1 is 1.64 bits per heavy atom. The fraction of sp³-hybridized carbons (Fsp3) is 0.900. The van der Waals surface area contributed by atoms with Crippen LogP contribution in [-0.2, 0) is 9.53 Å². The van der Waals surface area contributed by atoms with E-state index in [1.165, 1.54) is 20.0 Å². The minimum atomic E-state index is -0.189. The maximum Gasteiger partial charge on any atom is 0.320 e. The fourth-order valence-electron chi connectivity index (χ4n) is 1.43. The number of nitrogens with zero attached hydrogens (tertiary/aromatic N) is 1. The normalized spacial score (nSPS) is 18.3. The summed E-state index contributed by atoms with van der Waals surface area (Å²) in [5, 5.41) is 0. The van der Waals surface area contributed by atoms with Crippen LogP contribution in [0.3, 0.4) is 0 Å². The van der Waals surface area contributed by atoms with Gasteiger partial charge in [0, 0.05) is 13.1 Å². The summed E-state index contributed by atoms with van der Waals surface area (Å²) in [6, 6.07) is 0. The monoisotopic (exact) mass is 263 g/mol. The first-order chi connectivity index (χ1) is 6.67. The molecule has 1 aliphatic rings. The van der Waals surface area contributed by atoms with E-state index in [1.807, 2.05) is 0 Å². The van der Waals surface area contributed by atoms with Gasteiger partial charge in [0.25, 0.3) is 0 Å². The van der Waals surface area contributed by atoms with Crippen molar-refractivity contribution in [3.8, 4) is 0 Å². The lowest BCUT2D eigenvalue weighted by molar-refractivity contribution is -0.140. The van der Waals surface area contributed by atoms with Crippen molar-refractivity contribution in [1.82, 2.24) is 4.90 Å². The number of alkyl halides is 1. The van der Waals surface area contributed by atoms with E-state index in [9.17, 15) is 4.79 Å². The van der Waals surface area contributed by atoms with Crippen LogP contribution in [0.2, 0.25) is 0 Å². The molecular formula is C10H18BrNO2. The molecule has 0 amide bonds. The van der Waals surface area contributed by atoms with Gasteiger partial charge in [0.2, 0.25) is 0 Å². The Morgan fingerprint density at radius 3 is 2.71 bits per heavy atom. The van der Waals surface area contributed by atoms with Crippen LogP contribution in [0, 0.1) is 5.92 Å². The lowest BCUT2D eigenvalue weighted by Gasteiger charge is -2.21. The summed E-state index contributed by atoms with van der Waals surface area (Å²) in [7, 11) is 1.42. The van der Waals surface area contributed by atoms with Crippen LogP contribution in [0.4, 0.5) is 0 Å². The van der Waals surface area contributed by atoms with Gasteiger partial charge >= 0.3 is 5.97 Å². The molecule has 4 heteroatoms. The highest BCUT2D eigenvalue weighted by atomic mass is 79.9. The average molecular weight is 264 g/mol. The Hall–Kier alpha value is -0.0900. The molecular weight excluding hydrogens is 246 g/mol. The lowest BCUT2D eigenvalue weighted by Crippen LogP contribution is -2.35. The highest BCUT2D eigenvalue weighted by Gasteiger charge is 2.26. The Kier molecular flexibility index (Phi) is 4.89. The number of halogens is 1. The molecule has 1 saturated carbocycles. The zero-order valence-electron chi connectivity index (χ0n) is 8.83. The molecule has 0 saturated heterocycles. The van der Waals surface area contributed by atoms with Crippen molar-refractivity contribution >= 4 is 21.9 Å². The number of rotatable bonds is 6. The molecule has 14 heavy (non-hydrogen) atoms. The topological polar surface area (TPSA) is 29.5 Å². The largest absolute Gasteiger partial charge is 0.468 e. The van der Waals surface area contributed by atoms with E-state index in [4.69, 9.17) is 0 Å². The fourth-order valence-corrected chi connectivity index (χ4v) is 2.02. The van der Waals surface area contributed by atoms with Crippen LogP contribution in [0.25, 0.3) is 0 Å². The number of hydrogen-bond donors (Lipinski definition) is 0. The molecule has 0 N–H and O–H groups in total. The van der Waals surface area contributed by atoms with Gasteiger partial charge in [0.15, 0.2) is 0 Å². The van der Waals surface area contributed by atoms with Crippen molar-refractivity contribution in [3.05, 3.63) is 0 Å². The van der Waals surface area contributed by atoms with Crippen molar-refractivity contribution in [2.45, 2.75) is 24.6 Å². The smallest absolute Gasteiger partial charge is 0.320 e. The quantitative estimate of drug-likeness (QED) is 0.539. The van der Waals surface area contributed by atoms with Gasteiger partial charge in [-0.25, -0.2) is 0 Å². The van der Waals surface area contributed by atoms with E-state index >= 15 is 0 Å². The van der Waals surface area contributed by atoms with Gasteiger partial charge in [-0.3, -0.25) is 4.79 Å². The molecule has 1 fully saturated rings. The molecule has 0 aromatic carbocycles. The van der Waals surface area contributed by atoms with Crippen LogP contribution in [-0.4, -0.2) is 42.4 Å². The van der Waals surface area contributed by atoms with Crippen molar-refractivity contribution < 1.29 is 9.53 Å². The van der Waals surface area contributed by atoms with E-state index in [1.54, 1.807) is 0 Å². The lowest BCUT2D eigenvalue weighted by atomic mass is 10.3. The first kappa shape index (κ1) is 12.0. The van der Waals surface area contributed by atoms with Crippen molar-refractivity contribution in [2.24, 2.45) is 5.92 Å². The number of esters is 1. The summed E-state index contributed by atoms with van der Waals surface area (Å²) in [6.07, 6.45) is 2.70. The molecule has 1 unspecified atom stereocenters. The minimum absolute atomic E-state index is 0.181. The predicted molar refractivity (Wildman–Crippen MR) is 59.6 cm³/mol. The first-order valence-corrected chi connectivity index (χ1v) is 6.03. The maximum absolute atomic E-state index is 11.2. The van der Waals surface area contributed by atoms with Gasteiger partial charge in [-0.05, 0) is 25.3 Å². The summed E-state index contributed by atoms with van der Waals surface area (Å²) in [5.74, 6) is 0.687. The molecule has 0 spiro atoms. The van der Waals surface area contributed by atoms with Gasteiger partial charge < -0.3 is 9.64 Å². The summed E-state index contributed by atoms with van der Waals surface area (Å²) >= 11 is 3.34. The summed E-state index contributed by atoms with van der Waals surface area (Å²) < 4.78 is 4.67. The second-order valence-electron chi connectivity index (χ2n) is 3.79. The molecule has 0 aromatic rings. The highest BCUT2D eigenvalue weighted by molar-refractivity contribution is 9.10. The van der Waals surface area contributed by atoms with Crippen LogP contribution in [0.5, 0.6) is 0 Å². The standard InChI is InChI=1S/C10H18BrNO2/c1-3-12(6-8-4-5-8)7-9(11)10(13)14-2/h8-9H,3-7H2,1-2H3. The average Bonchev–Trinajstić information content (AvgIpc) is 2.99. The highest BCUT2D eigenvalue weighted by Crippen LogP contribution is 2.29. The maximum atomic E-state index is 11.2.